The lowest BCUT2D eigenvalue weighted by molar-refractivity contribution is 0.0950. The van der Waals surface area contributed by atoms with E-state index in [4.69, 9.17) is 0 Å². The Morgan fingerprint density at radius 3 is 2.54 bits per heavy atom. The van der Waals surface area contributed by atoms with E-state index in [-0.39, 0.29) is 22.8 Å². The lowest BCUT2D eigenvalue weighted by atomic mass is 10.1. The predicted molar refractivity (Wildman–Crippen MR) is 109 cm³/mol. The van der Waals surface area contributed by atoms with Crippen molar-refractivity contribution in [2.24, 2.45) is 0 Å². The van der Waals surface area contributed by atoms with E-state index in [0.29, 0.717) is 23.1 Å². The number of hydrogen-bond donors (Lipinski definition) is 1. The maximum atomic E-state index is 13.4. The summed E-state index contributed by atoms with van der Waals surface area (Å²) in [6.07, 6.45) is 2.73. The highest BCUT2D eigenvalue weighted by molar-refractivity contribution is 9.10. The third kappa shape index (κ3) is 4.61. The van der Waals surface area contributed by atoms with Crippen LogP contribution in [0.1, 0.15) is 40.7 Å². The van der Waals surface area contributed by atoms with Gasteiger partial charge in [0.15, 0.2) is 0 Å². The van der Waals surface area contributed by atoms with Gasteiger partial charge in [-0.2, -0.15) is 4.31 Å². The zero-order valence-corrected chi connectivity index (χ0v) is 17.9. The fraction of sp³-hybridized carbons (Fsp3) is 0.350. The summed E-state index contributed by atoms with van der Waals surface area (Å²) >= 11 is 3.32. The molecule has 5 nitrogen and oxygen atoms in total. The van der Waals surface area contributed by atoms with Crippen LogP contribution in [0.25, 0.3) is 0 Å². The Balaban J connectivity index is 1.78. The summed E-state index contributed by atoms with van der Waals surface area (Å²) in [5.74, 6) is -0.696. The molecule has 0 bridgehead atoms. The van der Waals surface area contributed by atoms with Crippen molar-refractivity contribution in [2.75, 3.05) is 13.1 Å². The van der Waals surface area contributed by atoms with E-state index in [9.17, 15) is 17.6 Å². The standard InChI is InChI=1S/C20H22BrFN2O3S/c1-14-11-15(5-8-19(14)22)13-23-20(25)17-12-16(6-7-18(17)21)28(26,27)24-9-3-2-4-10-24/h5-8,11-12H,2-4,9-10,13H2,1H3,(H,23,25). The Morgan fingerprint density at radius 2 is 1.86 bits per heavy atom. The second kappa shape index (κ2) is 8.71. The molecule has 28 heavy (non-hydrogen) atoms. The molecule has 1 fully saturated rings. The van der Waals surface area contributed by atoms with E-state index >= 15 is 0 Å². The molecule has 1 N–H and O–H groups in total. The minimum Gasteiger partial charge on any atom is -0.348 e. The van der Waals surface area contributed by atoms with Gasteiger partial charge in [0.05, 0.1) is 10.5 Å². The van der Waals surface area contributed by atoms with Gasteiger partial charge in [-0.05, 0) is 71.1 Å². The van der Waals surface area contributed by atoms with Crippen molar-refractivity contribution < 1.29 is 17.6 Å². The second-order valence-electron chi connectivity index (χ2n) is 6.87. The largest absolute Gasteiger partial charge is 0.348 e. The van der Waals surface area contributed by atoms with E-state index in [2.05, 4.69) is 21.2 Å². The average molecular weight is 469 g/mol. The van der Waals surface area contributed by atoms with Gasteiger partial charge in [-0.15, -0.1) is 0 Å². The molecule has 150 valence electrons. The second-order valence-corrected chi connectivity index (χ2v) is 9.66. The zero-order chi connectivity index (χ0) is 20.3. The van der Waals surface area contributed by atoms with Crippen LogP contribution in [0, 0.1) is 12.7 Å². The molecule has 1 saturated heterocycles. The topological polar surface area (TPSA) is 66.5 Å². The first kappa shape index (κ1) is 21.0. The molecule has 2 aromatic rings. The van der Waals surface area contributed by atoms with Crippen LogP contribution >= 0.6 is 15.9 Å². The third-order valence-corrected chi connectivity index (χ3v) is 7.40. The molecule has 1 heterocycles. The number of piperidine rings is 1. The summed E-state index contributed by atoms with van der Waals surface area (Å²) in [5, 5.41) is 2.76. The van der Waals surface area contributed by atoms with Gasteiger partial charge >= 0.3 is 0 Å². The van der Waals surface area contributed by atoms with Crippen molar-refractivity contribution in [3.63, 3.8) is 0 Å². The number of nitrogens with zero attached hydrogens (tertiary/aromatic N) is 1. The summed E-state index contributed by atoms with van der Waals surface area (Å²) in [4.78, 5) is 12.7. The Hall–Kier alpha value is -1.77. The summed E-state index contributed by atoms with van der Waals surface area (Å²) in [7, 11) is -3.62. The van der Waals surface area contributed by atoms with E-state index in [0.717, 1.165) is 24.8 Å². The quantitative estimate of drug-likeness (QED) is 0.720. The number of hydrogen-bond acceptors (Lipinski definition) is 3. The Morgan fingerprint density at radius 1 is 1.14 bits per heavy atom. The van der Waals surface area contributed by atoms with Gasteiger partial charge in [0.1, 0.15) is 5.82 Å². The minimum atomic E-state index is -3.62. The Kier molecular flexibility index (Phi) is 6.52. The minimum absolute atomic E-state index is 0.111. The SMILES string of the molecule is Cc1cc(CNC(=O)c2cc(S(=O)(=O)N3CCCCC3)ccc2Br)ccc1F. The number of carbonyl (C=O) groups excluding carboxylic acids is 1. The summed E-state index contributed by atoms with van der Waals surface area (Å²) in [6, 6.07) is 9.12. The molecule has 2 aromatic carbocycles. The van der Waals surface area contributed by atoms with Gasteiger partial charge in [-0.3, -0.25) is 4.79 Å². The zero-order valence-electron chi connectivity index (χ0n) is 15.5. The van der Waals surface area contributed by atoms with Gasteiger partial charge < -0.3 is 5.32 Å². The molecule has 0 aromatic heterocycles. The normalized spacial score (nSPS) is 15.4. The highest BCUT2D eigenvalue weighted by Crippen LogP contribution is 2.25. The summed E-state index contributed by atoms with van der Waals surface area (Å²) in [5.41, 5.74) is 1.51. The number of carbonyl (C=O) groups is 1. The van der Waals surface area contributed by atoms with Crippen molar-refractivity contribution in [2.45, 2.75) is 37.6 Å². The first-order valence-electron chi connectivity index (χ1n) is 9.12. The molecule has 0 spiro atoms. The molecule has 0 saturated carbocycles. The molecule has 0 radical (unpaired) electrons. The number of halogens is 2. The molecule has 1 aliphatic rings. The molecule has 8 heteroatoms. The molecule has 0 atom stereocenters. The number of rotatable bonds is 5. The van der Waals surface area contributed by atoms with Crippen molar-refractivity contribution in [1.82, 2.24) is 9.62 Å². The van der Waals surface area contributed by atoms with Crippen molar-refractivity contribution in [3.05, 3.63) is 63.4 Å². The summed E-state index contributed by atoms with van der Waals surface area (Å²) in [6.45, 7) is 2.88. The lowest BCUT2D eigenvalue weighted by Crippen LogP contribution is -2.35. The molecular formula is C20H22BrFN2O3S. The predicted octanol–water partition coefficient (Wildman–Crippen LogP) is 4.00. The lowest BCUT2D eigenvalue weighted by Gasteiger charge is -2.26. The van der Waals surface area contributed by atoms with Gasteiger partial charge in [0.25, 0.3) is 5.91 Å². The van der Waals surface area contributed by atoms with Crippen LogP contribution in [-0.4, -0.2) is 31.7 Å². The van der Waals surface area contributed by atoms with Gasteiger partial charge in [-0.25, -0.2) is 12.8 Å². The highest BCUT2D eigenvalue weighted by Gasteiger charge is 2.27. The number of nitrogens with one attached hydrogen (secondary N) is 1. The maximum Gasteiger partial charge on any atom is 0.252 e. The fourth-order valence-electron chi connectivity index (χ4n) is 3.19. The van der Waals surface area contributed by atoms with E-state index in [1.54, 1.807) is 25.1 Å². The van der Waals surface area contributed by atoms with Crippen LogP contribution in [0.3, 0.4) is 0 Å². The number of amides is 1. The van der Waals surface area contributed by atoms with Gasteiger partial charge in [0, 0.05) is 24.1 Å². The number of aryl methyl sites for hydroxylation is 1. The van der Waals surface area contributed by atoms with Crippen LogP contribution in [0.5, 0.6) is 0 Å². The smallest absolute Gasteiger partial charge is 0.252 e. The van der Waals surface area contributed by atoms with Crippen molar-refractivity contribution in [1.29, 1.82) is 0 Å². The third-order valence-electron chi connectivity index (χ3n) is 4.81. The van der Waals surface area contributed by atoms with E-state index in [1.807, 2.05) is 0 Å². The van der Waals surface area contributed by atoms with Gasteiger partial charge in [0.2, 0.25) is 10.0 Å². The molecular weight excluding hydrogens is 447 g/mol. The van der Waals surface area contributed by atoms with Crippen LogP contribution in [-0.2, 0) is 16.6 Å². The van der Waals surface area contributed by atoms with E-state index < -0.39 is 15.9 Å². The average Bonchev–Trinajstić information content (AvgIpc) is 2.69. The van der Waals surface area contributed by atoms with Crippen LogP contribution in [0.4, 0.5) is 4.39 Å². The highest BCUT2D eigenvalue weighted by atomic mass is 79.9. The van der Waals surface area contributed by atoms with Gasteiger partial charge in [-0.1, -0.05) is 18.6 Å². The van der Waals surface area contributed by atoms with Crippen LogP contribution < -0.4 is 5.32 Å². The first-order chi connectivity index (χ1) is 13.3. The van der Waals surface area contributed by atoms with Crippen molar-refractivity contribution in [3.8, 4) is 0 Å². The number of sulfonamides is 1. The Bertz CT molecular complexity index is 989. The molecule has 3 rings (SSSR count). The number of benzene rings is 2. The first-order valence-corrected chi connectivity index (χ1v) is 11.4. The monoisotopic (exact) mass is 468 g/mol. The van der Waals surface area contributed by atoms with Crippen molar-refractivity contribution >= 4 is 31.9 Å². The Labute approximate surface area is 173 Å². The molecule has 0 aliphatic carbocycles. The van der Waals surface area contributed by atoms with Crippen LogP contribution in [0.15, 0.2) is 45.8 Å². The maximum absolute atomic E-state index is 13.4. The van der Waals surface area contributed by atoms with Crippen LogP contribution in [0.2, 0.25) is 0 Å². The fourth-order valence-corrected chi connectivity index (χ4v) is 5.16. The summed E-state index contributed by atoms with van der Waals surface area (Å²) < 4.78 is 41.1. The van der Waals surface area contributed by atoms with E-state index in [1.165, 1.54) is 22.5 Å². The molecule has 0 unspecified atom stereocenters. The molecule has 1 aliphatic heterocycles. The molecule has 1 amide bonds.